The van der Waals surface area contributed by atoms with E-state index in [2.05, 4.69) is 21.4 Å². The van der Waals surface area contributed by atoms with Crippen LogP contribution in [0.4, 0.5) is 0 Å². The maximum Gasteiger partial charge on any atom is 0.0752 e. The lowest BCUT2D eigenvalue weighted by atomic mass is 10.0. The molecule has 0 amide bonds. The van der Waals surface area contributed by atoms with Crippen molar-refractivity contribution in [2.45, 2.75) is 12.5 Å². The summed E-state index contributed by atoms with van der Waals surface area (Å²) in [4.78, 5) is 2.88. The molecule has 2 rings (SSSR count). The van der Waals surface area contributed by atoms with Crippen LogP contribution in [0.3, 0.4) is 0 Å². The van der Waals surface area contributed by atoms with E-state index in [0.717, 1.165) is 25.1 Å². The van der Waals surface area contributed by atoms with Crippen LogP contribution in [0.25, 0.3) is 10.4 Å². The molecule has 0 bridgehead atoms. The number of hydrogen-bond acceptors (Lipinski definition) is 2. The molecule has 4 heteroatoms. The Bertz CT molecular complexity index is 368. The van der Waals surface area contributed by atoms with Crippen LogP contribution in [0.5, 0.6) is 0 Å². The summed E-state index contributed by atoms with van der Waals surface area (Å²) in [6, 6.07) is 8.10. The van der Waals surface area contributed by atoms with Gasteiger partial charge in [-0.2, -0.15) is 0 Å². The zero-order valence-electron chi connectivity index (χ0n) is 7.85. The predicted molar refractivity (Wildman–Crippen MR) is 54.9 cm³/mol. The van der Waals surface area contributed by atoms with Crippen molar-refractivity contribution in [1.82, 2.24) is 5.32 Å². The molecule has 0 spiro atoms. The van der Waals surface area contributed by atoms with Crippen molar-refractivity contribution in [3.63, 3.8) is 0 Å². The van der Waals surface area contributed by atoms with E-state index in [1.54, 1.807) is 0 Å². The van der Waals surface area contributed by atoms with Gasteiger partial charge in [-0.3, -0.25) is 0 Å². The largest absolute Gasteiger partial charge is 0.316 e. The lowest BCUT2D eigenvalue weighted by Gasteiger charge is -2.10. The Morgan fingerprint density at radius 1 is 1.43 bits per heavy atom. The Labute approximate surface area is 82.6 Å². The topological polar surface area (TPSA) is 60.8 Å². The normalized spacial score (nSPS) is 20.4. The molecule has 0 aliphatic carbocycles. The number of benzene rings is 1. The van der Waals surface area contributed by atoms with Crippen LogP contribution in [-0.4, -0.2) is 13.1 Å². The summed E-state index contributed by atoms with van der Waals surface area (Å²) in [5.74, 6) is 0. The molecule has 1 unspecified atom stereocenters. The first-order valence-corrected chi connectivity index (χ1v) is 4.74. The van der Waals surface area contributed by atoms with Gasteiger partial charge in [-0.1, -0.05) is 29.4 Å². The molecule has 1 aliphatic heterocycles. The Morgan fingerprint density at radius 2 is 2.29 bits per heavy atom. The molecular formula is C10H12N4. The van der Waals surface area contributed by atoms with Gasteiger partial charge in [-0.25, -0.2) is 0 Å². The maximum absolute atomic E-state index is 8.47. The zero-order valence-corrected chi connectivity index (χ0v) is 7.85. The van der Waals surface area contributed by atoms with Gasteiger partial charge < -0.3 is 5.32 Å². The highest BCUT2D eigenvalue weighted by molar-refractivity contribution is 5.31. The minimum atomic E-state index is -0.0568. The van der Waals surface area contributed by atoms with Crippen molar-refractivity contribution < 1.29 is 0 Å². The summed E-state index contributed by atoms with van der Waals surface area (Å²) in [5.41, 5.74) is 10.9. The lowest BCUT2D eigenvalue weighted by Crippen LogP contribution is -2.18. The lowest BCUT2D eigenvalue weighted by molar-refractivity contribution is 0.624. The first-order chi connectivity index (χ1) is 6.92. The third-order valence-corrected chi connectivity index (χ3v) is 2.51. The van der Waals surface area contributed by atoms with Crippen molar-refractivity contribution in [2.75, 3.05) is 13.1 Å². The van der Waals surface area contributed by atoms with Crippen LogP contribution in [0.15, 0.2) is 29.4 Å². The van der Waals surface area contributed by atoms with E-state index in [4.69, 9.17) is 5.53 Å². The van der Waals surface area contributed by atoms with Gasteiger partial charge in [0.05, 0.1) is 6.04 Å². The van der Waals surface area contributed by atoms with Crippen LogP contribution >= 0.6 is 0 Å². The molecule has 0 saturated carbocycles. The van der Waals surface area contributed by atoms with Gasteiger partial charge in [0, 0.05) is 11.5 Å². The van der Waals surface area contributed by atoms with Crippen LogP contribution < -0.4 is 5.32 Å². The first kappa shape index (κ1) is 9.06. The van der Waals surface area contributed by atoms with E-state index in [0.29, 0.717) is 0 Å². The average molecular weight is 188 g/mol. The highest BCUT2D eigenvalue weighted by Crippen LogP contribution is 2.23. The number of nitrogens with one attached hydrogen (secondary N) is 1. The van der Waals surface area contributed by atoms with Gasteiger partial charge in [0.15, 0.2) is 0 Å². The van der Waals surface area contributed by atoms with Gasteiger partial charge >= 0.3 is 0 Å². The molecule has 1 heterocycles. The van der Waals surface area contributed by atoms with Gasteiger partial charge in [0.2, 0.25) is 0 Å². The molecule has 1 aromatic rings. The summed E-state index contributed by atoms with van der Waals surface area (Å²) in [5, 5.41) is 7.07. The third-order valence-electron chi connectivity index (χ3n) is 2.51. The minimum Gasteiger partial charge on any atom is -0.316 e. The standard InChI is InChI=1S/C10H12N4/c11-14-13-10-7-12-6-5-8-3-1-2-4-9(8)10/h1-4,10,12H,5-7H2. The fourth-order valence-electron chi connectivity index (χ4n) is 1.82. The number of nitrogens with zero attached hydrogens (tertiary/aromatic N) is 3. The van der Waals surface area contributed by atoms with Crippen molar-refractivity contribution in [1.29, 1.82) is 0 Å². The maximum atomic E-state index is 8.47. The van der Waals surface area contributed by atoms with Crippen LogP contribution in [-0.2, 0) is 6.42 Å². The summed E-state index contributed by atoms with van der Waals surface area (Å²) < 4.78 is 0. The smallest absolute Gasteiger partial charge is 0.0752 e. The summed E-state index contributed by atoms with van der Waals surface area (Å²) in [6.45, 7) is 1.69. The van der Waals surface area contributed by atoms with Gasteiger partial charge in [0.25, 0.3) is 0 Å². The van der Waals surface area contributed by atoms with Gasteiger partial charge in [-0.15, -0.1) is 0 Å². The molecule has 0 saturated heterocycles. The first-order valence-electron chi connectivity index (χ1n) is 4.74. The average Bonchev–Trinajstić information content (AvgIpc) is 2.42. The molecule has 72 valence electrons. The predicted octanol–water partition coefficient (Wildman–Crippen LogP) is 2.18. The fourth-order valence-corrected chi connectivity index (χ4v) is 1.82. The Morgan fingerprint density at radius 3 is 3.14 bits per heavy atom. The van der Waals surface area contributed by atoms with Crippen molar-refractivity contribution in [2.24, 2.45) is 5.11 Å². The SMILES string of the molecule is [N-]=[N+]=NC1CNCCc2ccccc21. The highest BCUT2D eigenvalue weighted by Gasteiger charge is 2.15. The minimum absolute atomic E-state index is 0.0568. The van der Waals surface area contributed by atoms with Gasteiger partial charge in [-0.05, 0) is 29.6 Å². The molecule has 4 nitrogen and oxygen atoms in total. The number of hydrogen-bond donors (Lipinski definition) is 1. The molecule has 1 N–H and O–H groups in total. The zero-order chi connectivity index (χ0) is 9.80. The number of azide groups is 1. The number of rotatable bonds is 1. The van der Waals surface area contributed by atoms with E-state index >= 15 is 0 Å². The van der Waals surface area contributed by atoms with Crippen LogP contribution in [0.2, 0.25) is 0 Å². The molecule has 0 aromatic heterocycles. The van der Waals surface area contributed by atoms with Crippen LogP contribution in [0, 0.1) is 0 Å². The Hall–Kier alpha value is -1.51. The van der Waals surface area contributed by atoms with Crippen molar-refractivity contribution >= 4 is 0 Å². The third kappa shape index (κ3) is 1.71. The van der Waals surface area contributed by atoms with E-state index < -0.39 is 0 Å². The Balaban J connectivity index is 2.41. The monoisotopic (exact) mass is 188 g/mol. The summed E-state index contributed by atoms with van der Waals surface area (Å²) >= 11 is 0. The van der Waals surface area contributed by atoms with Crippen LogP contribution in [0.1, 0.15) is 17.2 Å². The molecule has 1 aromatic carbocycles. The van der Waals surface area contributed by atoms with E-state index in [9.17, 15) is 0 Å². The molecule has 0 radical (unpaired) electrons. The highest BCUT2D eigenvalue weighted by atomic mass is 15.2. The van der Waals surface area contributed by atoms with E-state index in [-0.39, 0.29) is 6.04 Å². The van der Waals surface area contributed by atoms with E-state index in [1.165, 1.54) is 5.56 Å². The van der Waals surface area contributed by atoms with Crippen molar-refractivity contribution in [3.05, 3.63) is 45.8 Å². The molecule has 1 atom stereocenters. The number of fused-ring (bicyclic) bond motifs is 1. The fraction of sp³-hybridized carbons (Fsp3) is 0.400. The summed E-state index contributed by atoms with van der Waals surface area (Å²) in [7, 11) is 0. The quantitative estimate of drug-likeness (QED) is 0.410. The molecular weight excluding hydrogens is 176 g/mol. The van der Waals surface area contributed by atoms with E-state index in [1.807, 2.05) is 18.2 Å². The van der Waals surface area contributed by atoms with Crippen molar-refractivity contribution in [3.8, 4) is 0 Å². The Kier molecular flexibility index (Phi) is 2.68. The molecule has 1 aliphatic rings. The second kappa shape index (κ2) is 4.13. The second-order valence-electron chi connectivity index (χ2n) is 3.37. The molecule has 0 fully saturated rings. The second-order valence-corrected chi connectivity index (χ2v) is 3.37. The summed E-state index contributed by atoms with van der Waals surface area (Å²) in [6.07, 6.45) is 1.01. The molecule has 14 heavy (non-hydrogen) atoms. The van der Waals surface area contributed by atoms with Gasteiger partial charge in [0.1, 0.15) is 0 Å².